The molecule has 1 aromatic heterocycles. The molecular formula is C14H21N3O. The van der Waals surface area contributed by atoms with E-state index in [4.69, 9.17) is 5.73 Å². The topological polar surface area (TPSA) is 59.2 Å². The van der Waals surface area contributed by atoms with Gasteiger partial charge >= 0.3 is 0 Å². The van der Waals surface area contributed by atoms with Gasteiger partial charge in [-0.2, -0.15) is 0 Å². The van der Waals surface area contributed by atoms with Crippen LogP contribution < -0.4 is 5.73 Å². The maximum absolute atomic E-state index is 12.4. The van der Waals surface area contributed by atoms with Crippen LogP contribution >= 0.6 is 0 Å². The van der Waals surface area contributed by atoms with Gasteiger partial charge in [-0.25, -0.2) is 4.98 Å². The Morgan fingerprint density at radius 3 is 2.89 bits per heavy atom. The number of nitrogens with zero attached hydrogens (tertiary/aromatic N) is 2. The highest BCUT2D eigenvalue weighted by molar-refractivity contribution is 5.98. The Hall–Kier alpha value is -1.58. The summed E-state index contributed by atoms with van der Waals surface area (Å²) in [6.45, 7) is 6.15. The van der Waals surface area contributed by atoms with Gasteiger partial charge in [0.05, 0.1) is 5.56 Å². The van der Waals surface area contributed by atoms with Gasteiger partial charge in [-0.1, -0.05) is 13.8 Å². The number of carbonyl (C=O) groups is 1. The van der Waals surface area contributed by atoms with Crippen molar-refractivity contribution >= 4 is 11.7 Å². The predicted octanol–water partition coefficient (Wildman–Crippen LogP) is 2.32. The van der Waals surface area contributed by atoms with Gasteiger partial charge in [-0.3, -0.25) is 4.79 Å². The number of rotatable bonds is 1. The summed E-state index contributed by atoms with van der Waals surface area (Å²) in [4.78, 5) is 18.3. The first kappa shape index (κ1) is 12.9. The van der Waals surface area contributed by atoms with Crippen molar-refractivity contribution in [2.45, 2.75) is 33.1 Å². The van der Waals surface area contributed by atoms with E-state index in [1.54, 1.807) is 18.3 Å². The molecule has 1 aliphatic rings. The second kappa shape index (κ2) is 4.96. The molecule has 2 heterocycles. The lowest BCUT2D eigenvalue weighted by atomic mass is 9.85. The molecule has 0 spiro atoms. The molecular weight excluding hydrogens is 226 g/mol. The number of amides is 1. The monoisotopic (exact) mass is 247 g/mol. The molecule has 2 rings (SSSR count). The van der Waals surface area contributed by atoms with E-state index in [0.29, 0.717) is 16.8 Å². The summed E-state index contributed by atoms with van der Waals surface area (Å²) in [6.07, 6.45) is 4.87. The van der Waals surface area contributed by atoms with E-state index < -0.39 is 0 Å². The lowest BCUT2D eigenvalue weighted by Gasteiger charge is -2.23. The molecule has 1 aromatic rings. The van der Waals surface area contributed by atoms with Crippen molar-refractivity contribution < 1.29 is 4.79 Å². The molecule has 0 atom stereocenters. The molecule has 0 saturated carbocycles. The zero-order valence-electron chi connectivity index (χ0n) is 11.1. The van der Waals surface area contributed by atoms with Crippen LogP contribution in [0.5, 0.6) is 0 Å². The van der Waals surface area contributed by atoms with E-state index in [-0.39, 0.29) is 5.91 Å². The number of nitrogen functional groups attached to an aromatic ring is 1. The second-order valence-electron chi connectivity index (χ2n) is 5.75. The Labute approximate surface area is 108 Å². The van der Waals surface area contributed by atoms with Gasteiger partial charge < -0.3 is 10.6 Å². The highest BCUT2D eigenvalue weighted by Crippen LogP contribution is 2.30. The molecule has 0 bridgehead atoms. The summed E-state index contributed by atoms with van der Waals surface area (Å²) in [5.74, 6) is 0.337. The van der Waals surface area contributed by atoms with Crippen molar-refractivity contribution in [1.82, 2.24) is 9.88 Å². The minimum Gasteiger partial charge on any atom is -0.383 e. The third kappa shape index (κ3) is 2.81. The normalized spacial score (nSPS) is 19.3. The van der Waals surface area contributed by atoms with E-state index in [1.807, 2.05) is 4.90 Å². The fourth-order valence-corrected chi connectivity index (χ4v) is 2.39. The van der Waals surface area contributed by atoms with E-state index in [2.05, 4.69) is 18.8 Å². The quantitative estimate of drug-likeness (QED) is 0.828. The van der Waals surface area contributed by atoms with Crippen LogP contribution in [0.15, 0.2) is 18.3 Å². The van der Waals surface area contributed by atoms with Gasteiger partial charge in [0.25, 0.3) is 5.91 Å². The lowest BCUT2D eigenvalue weighted by Crippen LogP contribution is -2.33. The first-order chi connectivity index (χ1) is 8.49. The van der Waals surface area contributed by atoms with Crippen LogP contribution in [-0.2, 0) is 0 Å². The molecule has 0 radical (unpaired) electrons. The Bertz CT molecular complexity index is 442. The maximum atomic E-state index is 12.4. The highest BCUT2D eigenvalue weighted by Gasteiger charge is 2.26. The molecule has 0 aliphatic carbocycles. The molecule has 4 heteroatoms. The fraction of sp³-hybridized carbons (Fsp3) is 0.571. The van der Waals surface area contributed by atoms with Gasteiger partial charge in [-0.15, -0.1) is 0 Å². The van der Waals surface area contributed by atoms with Gasteiger partial charge in [0.2, 0.25) is 0 Å². The molecule has 1 aliphatic heterocycles. The smallest absolute Gasteiger partial charge is 0.257 e. The first-order valence-corrected chi connectivity index (χ1v) is 6.49. The summed E-state index contributed by atoms with van der Waals surface area (Å²) in [5, 5.41) is 0. The number of hydrogen-bond acceptors (Lipinski definition) is 3. The van der Waals surface area contributed by atoms with Crippen LogP contribution in [0.3, 0.4) is 0 Å². The number of likely N-dealkylation sites (tertiary alicyclic amines) is 1. The largest absolute Gasteiger partial charge is 0.383 e. The number of anilines is 1. The standard InChI is InChI=1S/C14H21N3O/c1-14(2)6-4-9-17(10-7-14)13(18)11-5-3-8-16-12(11)15/h3,5,8H,4,6-7,9-10H2,1-2H3,(H2,15,16). The van der Waals surface area contributed by atoms with Crippen LogP contribution in [0.2, 0.25) is 0 Å². The summed E-state index contributed by atoms with van der Waals surface area (Å²) < 4.78 is 0. The minimum absolute atomic E-state index is 0.0123. The van der Waals surface area contributed by atoms with Gasteiger partial charge in [0.15, 0.2) is 0 Å². The molecule has 2 N–H and O–H groups in total. The van der Waals surface area contributed by atoms with Crippen molar-refractivity contribution in [3.63, 3.8) is 0 Å². The van der Waals surface area contributed by atoms with Crippen molar-refractivity contribution in [2.75, 3.05) is 18.8 Å². The lowest BCUT2D eigenvalue weighted by molar-refractivity contribution is 0.0758. The molecule has 98 valence electrons. The number of hydrogen-bond donors (Lipinski definition) is 1. The van der Waals surface area contributed by atoms with Gasteiger partial charge in [0.1, 0.15) is 5.82 Å². The second-order valence-corrected chi connectivity index (χ2v) is 5.75. The van der Waals surface area contributed by atoms with E-state index >= 15 is 0 Å². The summed E-state index contributed by atoms with van der Waals surface area (Å²) in [5.41, 5.74) is 6.62. The number of aromatic nitrogens is 1. The summed E-state index contributed by atoms with van der Waals surface area (Å²) in [6, 6.07) is 3.51. The Kier molecular flexibility index (Phi) is 3.55. The Balaban J connectivity index is 2.13. The molecule has 1 saturated heterocycles. The van der Waals surface area contributed by atoms with Crippen LogP contribution in [0, 0.1) is 5.41 Å². The summed E-state index contributed by atoms with van der Waals surface area (Å²) >= 11 is 0. The average molecular weight is 247 g/mol. The average Bonchev–Trinajstić information content (AvgIpc) is 2.50. The SMILES string of the molecule is CC1(C)CCCN(C(=O)c2cccnc2N)CC1. The number of pyridine rings is 1. The zero-order chi connectivity index (χ0) is 13.2. The van der Waals surface area contributed by atoms with E-state index in [1.165, 1.54) is 6.42 Å². The van der Waals surface area contributed by atoms with Crippen LogP contribution in [0.1, 0.15) is 43.5 Å². The Morgan fingerprint density at radius 1 is 1.39 bits per heavy atom. The molecule has 18 heavy (non-hydrogen) atoms. The van der Waals surface area contributed by atoms with Crippen molar-refractivity contribution in [3.8, 4) is 0 Å². The highest BCUT2D eigenvalue weighted by atomic mass is 16.2. The third-order valence-corrected chi connectivity index (χ3v) is 3.70. The van der Waals surface area contributed by atoms with Crippen LogP contribution in [-0.4, -0.2) is 28.9 Å². The number of carbonyl (C=O) groups excluding carboxylic acids is 1. The maximum Gasteiger partial charge on any atom is 0.257 e. The number of nitrogens with two attached hydrogens (primary N) is 1. The Morgan fingerprint density at radius 2 is 2.17 bits per heavy atom. The van der Waals surface area contributed by atoms with E-state index in [0.717, 1.165) is 25.9 Å². The molecule has 0 unspecified atom stereocenters. The minimum atomic E-state index is 0.0123. The first-order valence-electron chi connectivity index (χ1n) is 6.49. The zero-order valence-corrected chi connectivity index (χ0v) is 11.1. The molecule has 1 fully saturated rings. The van der Waals surface area contributed by atoms with Gasteiger partial charge in [0, 0.05) is 19.3 Å². The van der Waals surface area contributed by atoms with Crippen molar-refractivity contribution in [1.29, 1.82) is 0 Å². The predicted molar refractivity (Wildman–Crippen MR) is 72.2 cm³/mol. The van der Waals surface area contributed by atoms with Gasteiger partial charge in [-0.05, 0) is 36.8 Å². The third-order valence-electron chi connectivity index (χ3n) is 3.70. The molecule has 0 aromatic carbocycles. The fourth-order valence-electron chi connectivity index (χ4n) is 2.39. The van der Waals surface area contributed by atoms with Crippen LogP contribution in [0.4, 0.5) is 5.82 Å². The van der Waals surface area contributed by atoms with E-state index in [9.17, 15) is 4.79 Å². The van der Waals surface area contributed by atoms with Crippen molar-refractivity contribution in [2.24, 2.45) is 5.41 Å². The molecule has 4 nitrogen and oxygen atoms in total. The molecule has 1 amide bonds. The van der Waals surface area contributed by atoms with Crippen molar-refractivity contribution in [3.05, 3.63) is 23.9 Å². The summed E-state index contributed by atoms with van der Waals surface area (Å²) in [7, 11) is 0. The van der Waals surface area contributed by atoms with Crippen LogP contribution in [0.25, 0.3) is 0 Å².